The van der Waals surface area contributed by atoms with Crippen LogP contribution in [0.4, 0.5) is 0 Å². The van der Waals surface area contributed by atoms with E-state index in [2.05, 4.69) is 32.7 Å². The van der Waals surface area contributed by atoms with Crippen molar-refractivity contribution in [3.05, 3.63) is 6.92 Å². The van der Waals surface area contributed by atoms with E-state index in [9.17, 15) is 0 Å². The Bertz CT molecular complexity index is 100. The molecule has 0 aromatic rings. The second-order valence-electron chi connectivity index (χ2n) is 2.62. The number of hydrogen-bond donors (Lipinski definition) is 0. The van der Waals surface area contributed by atoms with Gasteiger partial charge in [-0.1, -0.05) is 19.8 Å². The van der Waals surface area contributed by atoms with Crippen molar-refractivity contribution in [1.29, 1.82) is 0 Å². The Morgan fingerprint density at radius 3 is 2.23 bits per heavy atom. The second-order valence-corrected chi connectivity index (χ2v) is 10.7. The molecule has 1 rings (SSSR count). The Morgan fingerprint density at radius 1 is 1.23 bits per heavy atom. The van der Waals surface area contributed by atoms with Gasteiger partial charge in [-0.15, -0.1) is 0 Å². The summed E-state index contributed by atoms with van der Waals surface area (Å²) in [7, 11) is 0. The van der Waals surface area contributed by atoms with Gasteiger partial charge in [-0.3, -0.25) is 25.8 Å². The maximum absolute atomic E-state index is 5.26. The summed E-state index contributed by atoms with van der Waals surface area (Å²) in [6.45, 7) is 5.31. The van der Waals surface area contributed by atoms with Gasteiger partial charge < -0.3 is 9.47 Å². The van der Waals surface area contributed by atoms with Crippen molar-refractivity contribution < 1.29 is 9.47 Å². The van der Waals surface area contributed by atoms with Crippen LogP contribution in [0.2, 0.25) is 0 Å². The first kappa shape index (κ1) is 14.6. The molecular weight excluding hydrogens is 312 g/mol. The summed E-state index contributed by atoms with van der Waals surface area (Å²) in [5.41, 5.74) is 0. The van der Waals surface area contributed by atoms with E-state index in [-0.39, 0.29) is 22.3 Å². The first-order valence-electron chi connectivity index (χ1n) is 4.49. The maximum Gasteiger partial charge on any atom is 0.560 e. The van der Waals surface area contributed by atoms with Crippen LogP contribution in [0.15, 0.2) is 0 Å². The molecule has 1 radical (unpaired) electrons. The number of rotatable bonds is 4. The largest absolute Gasteiger partial charge is 0.560 e. The summed E-state index contributed by atoms with van der Waals surface area (Å²) < 4.78 is 10.5. The highest BCUT2D eigenvalue weighted by Gasteiger charge is 2.14. The lowest BCUT2D eigenvalue weighted by molar-refractivity contribution is -0.0478. The molecule has 0 saturated carbocycles. The lowest BCUT2D eigenvalue weighted by Crippen LogP contribution is -2.06. The predicted molar refractivity (Wildman–Crippen MR) is 63.1 cm³/mol. The second kappa shape index (κ2) is 11.7. The standard InChI is InChI=1S/C8H15O2.2BrH.Mg/c1-2-3-4-5-8-9-6-7-10-8;;;/h8H,1-7H2;2*1H;/q;;;+2/p-2. The fraction of sp³-hybridized carbons (Fsp3) is 0.875. The SMILES string of the molecule is [Br][Mg][Br].[CH2]CCCCC1OCCO1. The lowest BCUT2D eigenvalue weighted by Gasteiger charge is -2.06. The molecule has 0 spiro atoms. The minimum absolute atomic E-state index is 0.0417. The predicted octanol–water partition coefficient (Wildman–Crippen LogP) is 3.06. The van der Waals surface area contributed by atoms with Crippen LogP contribution in [0.25, 0.3) is 0 Å². The fourth-order valence-electron chi connectivity index (χ4n) is 1.06. The third kappa shape index (κ3) is 9.94. The molecule has 75 valence electrons. The average molecular weight is 327 g/mol. The summed E-state index contributed by atoms with van der Waals surface area (Å²) in [6, 6.07) is 0. The van der Waals surface area contributed by atoms with Crippen LogP contribution in [0.3, 0.4) is 0 Å². The van der Waals surface area contributed by atoms with E-state index in [0.29, 0.717) is 0 Å². The normalized spacial score (nSPS) is 16.2. The lowest BCUT2D eigenvalue weighted by atomic mass is 10.2. The Balaban J connectivity index is 0.000000424. The van der Waals surface area contributed by atoms with Gasteiger partial charge >= 0.3 is 16.0 Å². The van der Waals surface area contributed by atoms with Crippen molar-refractivity contribution in [1.82, 2.24) is 0 Å². The van der Waals surface area contributed by atoms with Crippen LogP contribution in [0.5, 0.6) is 0 Å². The Kier molecular flexibility index (Phi) is 13.2. The van der Waals surface area contributed by atoms with Crippen molar-refractivity contribution >= 4 is 41.8 Å². The van der Waals surface area contributed by atoms with Crippen LogP contribution in [0.1, 0.15) is 25.7 Å². The molecule has 1 fully saturated rings. The highest BCUT2D eigenvalue weighted by Crippen LogP contribution is 2.11. The van der Waals surface area contributed by atoms with Gasteiger partial charge in [-0.25, -0.2) is 0 Å². The van der Waals surface area contributed by atoms with Gasteiger partial charge in [0.15, 0.2) is 6.29 Å². The molecule has 0 atom stereocenters. The zero-order valence-electron chi connectivity index (χ0n) is 7.81. The van der Waals surface area contributed by atoms with Crippen molar-refractivity contribution in [2.75, 3.05) is 13.2 Å². The van der Waals surface area contributed by atoms with Crippen LogP contribution in [0, 0.1) is 6.92 Å². The van der Waals surface area contributed by atoms with Gasteiger partial charge in [0, 0.05) is 0 Å². The Hall–Kier alpha value is 1.65. The van der Waals surface area contributed by atoms with Crippen molar-refractivity contribution in [3.8, 4) is 0 Å². The maximum atomic E-state index is 5.26. The van der Waals surface area contributed by atoms with E-state index >= 15 is 0 Å². The van der Waals surface area contributed by atoms with Crippen molar-refractivity contribution in [2.45, 2.75) is 32.0 Å². The van der Waals surface area contributed by atoms with Crippen LogP contribution >= 0.6 is 25.8 Å². The molecule has 0 N–H and O–H groups in total. The van der Waals surface area contributed by atoms with Gasteiger partial charge in [0.2, 0.25) is 0 Å². The van der Waals surface area contributed by atoms with E-state index in [0.717, 1.165) is 26.1 Å². The minimum atomic E-state index is 0.0417. The molecule has 2 nitrogen and oxygen atoms in total. The van der Waals surface area contributed by atoms with Crippen molar-refractivity contribution in [2.24, 2.45) is 0 Å². The van der Waals surface area contributed by atoms with Crippen LogP contribution < -0.4 is 0 Å². The van der Waals surface area contributed by atoms with Gasteiger partial charge in [0.05, 0.1) is 13.2 Å². The van der Waals surface area contributed by atoms with E-state index in [1.54, 1.807) is 0 Å². The van der Waals surface area contributed by atoms with Gasteiger partial charge in [0.1, 0.15) is 0 Å². The van der Waals surface area contributed by atoms with Gasteiger partial charge in [-0.05, 0) is 12.8 Å². The van der Waals surface area contributed by atoms with Crippen LogP contribution in [-0.2, 0) is 9.47 Å². The molecule has 1 saturated heterocycles. The molecule has 0 bridgehead atoms. The summed E-state index contributed by atoms with van der Waals surface area (Å²) in [5, 5.41) is 0. The molecular formula is C8H15Br2MgO2. The molecule has 13 heavy (non-hydrogen) atoms. The monoisotopic (exact) mass is 325 g/mol. The minimum Gasteiger partial charge on any atom is -0.350 e. The summed E-state index contributed by atoms with van der Waals surface area (Å²) in [6.07, 6.45) is 4.51. The average Bonchev–Trinajstić information content (AvgIpc) is 2.59. The van der Waals surface area contributed by atoms with E-state index < -0.39 is 0 Å². The molecule has 1 heterocycles. The Labute approximate surface area is 103 Å². The smallest absolute Gasteiger partial charge is 0.350 e. The fourth-order valence-corrected chi connectivity index (χ4v) is 1.06. The zero-order valence-corrected chi connectivity index (χ0v) is 12.4. The van der Waals surface area contributed by atoms with Crippen molar-refractivity contribution in [3.63, 3.8) is 0 Å². The quantitative estimate of drug-likeness (QED) is 0.584. The zero-order chi connectivity index (χ0) is 9.94. The number of ether oxygens (including phenoxy) is 2. The molecule has 0 aromatic heterocycles. The number of hydrogen-bond acceptors (Lipinski definition) is 2. The van der Waals surface area contributed by atoms with Gasteiger partial charge in [0.25, 0.3) is 0 Å². The summed E-state index contributed by atoms with van der Waals surface area (Å²) >= 11 is 6.44. The molecule has 0 aromatic carbocycles. The highest BCUT2D eigenvalue weighted by atomic mass is 79.9. The van der Waals surface area contributed by atoms with E-state index in [4.69, 9.17) is 9.47 Å². The molecule has 0 amide bonds. The molecule has 1 aliphatic rings. The van der Waals surface area contributed by atoms with E-state index in [1.807, 2.05) is 0 Å². The topological polar surface area (TPSA) is 18.5 Å². The highest BCUT2D eigenvalue weighted by molar-refractivity contribution is 9.47. The first-order valence-corrected chi connectivity index (χ1v) is 12.3. The molecule has 0 unspecified atom stereocenters. The van der Waals surface area contributed by atoms with Gasteiger partial charge in [-0.2, -0.15) is 0 Å². The molecule has 0 aliphatic carbocycles. The van der Waals surface area contributed by atoms with E-state index in [1.165, 1.54) is 12.8 Å². The van der Waals surface area contributed by atoms with Crippen LogP contribution in [-0.4, -0.2) is 35.5 Å². The first-order chi connectivity index (χ1) is 6.35. The summed E-state index contributed by atoms with van der Waals surface area (Å²) in [4.78, 5) is 0. The molecule has 1 aliphatic heterocycles. The third-order valence-corrected chi connectivity index (χ3v) is 1.63. The third-order valence-electron chi connectivity index (χ3n) is 1.63. The number of unbranched alkanes of at least 4 members (excludes halogenated alkanes) is 2. The summed E-state index contributed by atoms with van der Waals surface area (Å²) in [5.74, 6) is 0. The number of halogens is 2. The Morgan fingerprint density at radius 2 is 1.77 bits per heavy atom. The molecule has 5 heteroatoms.